The molecule has 25 heavy (non-hydrogen) atoms. The Hall–Kier alpha value is -2.47. The van der Waals surface area contributed by atoms with Crippen LogP contribution < -0.4 is 5.32 Å². The second-order valence-corrected chi connectivity index (χ2v) is 6.40. The number of amides is 1. The third kappa shape index (κ3) is 7.30. The number of rotatable bonds is 8. The Morgan fingerprint density at radius 1 is 1.04 bits per heavy atom. The summed E-state index contributed by atoms with van der Waals surface area (Å²) in [5.74, 6) is 0.168. The van der Waals surface area contributed by atoms with Crippen LogP contribution in [0.1, 0.15) is 12.0 Å². The summed E-state index contributed by atoms with van der Waals surface area (Å²) in [6, 6.07) is 18.8. The van der Waals surface area contributed by atoms with Crippen LogP contribution in [0.2, 0.25) is 0 Å². The van der Waals surface area contributed by atoms with Gasteiger partial charge in [0.05, 0.1) is 19.6 Å². The van der Waals surface area contributed by atoms with Gasteiger partial charge in [0.25, 0.3) is 0 Å². The summed E-state index contributed by atoms with van der Waals surface area (Å²) in [4.78, 5) is 24.7. The summed E-state index contributed by atoms with van der Waals surface area (Å²) in [6.45, 7) is 0.184. The predicted octanol–water partition coefficient (Wildman–Crippen LogP) is 3.64. The van der Waals surface area contributed by atoms with Crippen LogP contribution in [-0.2, 0) is 20.9 Å². The Morgan fingerprint density at radius 3 is 2.32 bits per heavy atom. The first-order valence-electron chi connectivity index (χ1n) is 7.89. The first-order chi connectivity index (χ1) is 12.2. The zero-order valence-electron chi connectivity index (χ0n) is 14.0. The van der Waals surface area contributed by atoms with E-state index in [2.05, 4.69) is 5.32 Å². The average Bonchev–Trinajstić information content (AvgIpc) is 2.66. The lowest BCUT2D eigenvalue weighted by atomic mass is 10.2. The molecule has 0 aliphatic rings. The molecule has 1 amide bonds. The Morgan fingerprint density at radius 2 is 1.68 bits per heavy atom. The zero-order chi connectivity index (χ0) is 17.9. The maximum absolute atomic E-state index is 12.0. The van der Waals surface area contributed by atoms with Gasteiger partial charge >= 0.3 is 12.1 Å². The van der Waals surface area contributed by atoms with Gasteiger partial charge in [0.15, 0.2) is 0 Å². The lowest BCUT2D eigenvalue weighted by Gasteiger charge is -2.17. The van der Waals surface area contributed by atoms with Gasteiger partial charge in [0, 0.05) is 10.6 Å². The van der Waals surface area contributed by atoms with Crippen molar-refractivity contribution in [2.75, 3.05) is 12.9 Å². The zero-order valence-corrected chi connectivity index (χ0v) is 14.8. The van der Waals surface area contributed by atoms with Gasteiger partial charge in [-0.2, -0.15) is 0 Å². The molecule has 132 valence electrons. The number of hydrogen-bond donors (Lipinski definition) is 1. The van der Waals surface area contributed by atoms with E-state index in [1.165, 1.54) is 7.11 Å². The number of esters is 1. The van der Waals surface area contributed by atoms with Crippen molar-refractivity contribution in [3.63, 3.8) is 0 Å². The molecule has 1 unspecified atom stereocenters. The summed E-state index contributed by atoms with van der Waals surface area (Å²) >= 11 is 1.56. The smallest absolute Gasteiger partial charge is 0.407 e. The van der Waals surface area contributed by atoms with Crippen LogP contribution in [-0.4, -0.2) is 31.0 Å². The number of nitrogens with one attached hydrogen (secondary N) is 1. The highest BCUT2D eigenvalue weighted by atomic mass is 32.2. The van der Waals surface area contributed by atoms with Crippen LogP contribution in [0, 0.1) is 0 Å². The second-order valence-electron chi connectivity index (χ2n) is 5.31. The molecule has 1 atom stereocenters. The summed E-state index contributed by atoms with van der Waals surface area (Å²) in [6.07, 6.45) is -0.456. The van der Waals surface area contributed by atoms with Crippen LogP contribution >= 0.6 is 11.8 Å². The fourth-order valence-corrected chi connectivity index (χ4v) is 3.03. The fraction of sp³-hybridized carbons (Fsp3) is 0.263. The number of alkyl carbamates (subject to hydrolysis) is 1. The van der Waals surface area contributed by atoms with E-state index in [1.54, 1.807) is 11.8 Å². The van der Waals surface area contributed by atoms with Crippen LogP contribution in [0.3, 0.4) is 0 Å². The fourth-order valence-electron chi connectivity index (χ4n) is 2.08. The normalized spacial score (nSPS) is 11.4. The second kappa shape index (κ2) is 10.4. The molecule has 2 aromatic rings. The van der Waals surface area contributed by atoms with Gasteiger partial charge in [-0.05, 0) is 17.7 Å². The van der Waals surface area contributed by atoms with Gasteiger partial charge < -0.3 is 14.8 Å². The molecule has 6 heteroatoms. The van der Waals surface area contributed by atoms with E-state index < -0.39 is 6.09 Å². The van der Waals surface area contributed by atoms with Gasteiger partial charge in [-0.15, -0.1) is 11.8 Å². The molecule has 0 aliphatic carbocycles. The minimum absolute atomic E-state index is 0.0940. The van der Waals surface area contributed by atoms with Crippen molar-refractivity contribution in [3.05, 3.63) is 66.2 Å². The van der Waals surface area contributed by atoms with Crippen LogP contribution in [0.4, 0.5) is 4.79 Å². The van der Waals surface area contributed by atoms with Crippen molar-refractivity contribution in [1.82, 2.24) is 5.32 Å². The lowest BCUT2D eigenvalue weighted by molar-refractivity contribution is -0.141. The molecule has 5 nitrogen and oxygen atoms in total. The van der Waals surface area contributed by atoms with Crippen LogP contribution in [0.15, 0.2) is 65.6 Å². The quantitative estimate of drug-likeness (QED) is 0.576. The van der Waals surface area contributed by atoms with Gasteiger partial charge in [0.1, 0.15) is 6.61 Å². The largest absolute Gasteiger partial charge is 0.469 e. The predicted molar refractivity (Wildman–Crippen MR) is 97.3 cm³/mol. The molecule has 0 saturated carbocycles. The summed E-state index contributed by atoms with van der Waals surface area (Å²) in [5.41, 5.74) is 0.904. The Kier molecular flexibility index (Phi) is 7.85. The molecule has 0 bridgehead atoms. The van der Waals surface area contributed by atoms with Gasteiger partial charge in [-0.3, -0.25) is 4.79 Å². The molecule has 0 aromatic heterocycles. The third-order valence-corrected chi connectivity index (χ3v) is 4.54. The average molecular weight is 359 g/mol. The summed E-state index contributed by atoms with van der Waals surface area (Å²) in [7, 11) is 1.33. The Labute approximate surface area is 151 Å². The van der Waals surface area contributed by atoms with E-state index >= 15 is 0 Å². The molecule has 1 N–H and O–H groups in total. The highest BCUT2D eigenvalue weighted by Crippen LogP contribution is 2.19. The molecule has 0 radical (unpaired) electrons. The van der Waals surface area contributed by atoms with E-state index in [9.17, 15) is 9.59 Å². The minimum atomic E-state index is -0.550. The van der Waals surface area contributed by atoms with E-state index in [4.69, 9.17) is 9.47 Å². The maximum Gasteiger partial charge on any atom is 0.407 e. The van der Waals surface area contributed by atoms with Crippen molar-refractivity contribution < 1.29 is 19.1 Å². The maximum atomic E-state index is 12.0. The van der Waals surface area contributed by atoms with Crippen LogP contribution in [0.5, 0.6) is 0 Å². The topological polar surface area (TPSA) is 64.6 Å². The Balaban J connectivity index is 1.85. The molecule has 0 spiro atoms. The van der Waals surface area contributed by atoms with E-state index in [1.807, 2.05) is 60.7 Å². The number of methoxy groups -OCH3 is 1. The molecule has 2 aromatic carbocycles. The van der Waals surface area contributed by atoms with E-state index in [0.717, 1.165) is 10.5 Å². The van der Waals surface area contributed by atoms with Crippen molar-refractivity contribution in [2.45, 2.75) is 24.0 Å². The number of ether oxygens (including phenoxy) is 2. The molecule has 0 fully saturated rings. The number of carbonyl (C=O) groups is 2. The first-order valence-corrected chi connectivity index (χ1v) is 8.88. The van der Waals surface area contributed by atoms with Crippen molar-refractivity contribution in [2.24, 2.45) is 0 Å². The van der Waals surface area contributed by atoms with Crippen molar-refractivity contribution in [1.29, 1.82) is 0 Å². The van der Waals surface area contributed by atoms with Crippen molar-refractivity contribution >= 4 is 23.8 Å². The van der Waals surface area contributed by atoms with Gasteiger partial charge in [-0.1, -0.05) is 48.5 Å². The molecular formula is C19H21NO4S. The lowest BCUT2D eigenvalue weighted by Crippen LogP contribution is -2.38. The highest BCUT2D eigenvalue weighted by molar-refractivity contribution is 7.99. The highest BCUT2D eigenvalue weighted by Gasteiger charge is 2.18. The molecular weight excluding hydrogens is 338 g/mol. The standard InChI is InChI=1S/C19H21NO4S/c1-23-18(21)12-16(14-25-17-10-6-3-7-11-17)20-19(22)24-13-15-8-4-2-5-9-15/h2-11,16H,12-14H2,1H3,(H,20,22). The number of benzene rings is 2. The Bertz CT molecular complexity index is 664. The third-order valence-electron chi connectivity index (χ3n) is 3.37. The molecule has 0 saturated heterocycles. The summed E-state index contributed by atoms with van der Waals surface area (Å²) in [5, 5.41) is 2.74. The first kappa shape index (κ1) is 18.9. The number of thioether (sulfide) groups is 1. The minimum Gasteiger partial charge on any atom is -0.469 e. The van der Waals surface area contributed by atoms with E-state index in [-0.39, 0.29) is 25.0 Å². The molecule has 2 rings (SSSR count). The SMILES string of the molecule is COC(=O)CC(CSc1ccccc1)NC(=O)OCc1ccccc1. The monoisotopic (exact) mass is 359 g/mol. The molecule has 0 heterocycles. The number of carbonyl (C=O) groups excluding carboxylic acids is 2. The van der Waals surface area contributed by atoms with Gasteiger partial charge in [-0.25, -0.2) is 4.79 Å². The summed E-state index contributed by atoms with van der Waals surface area (Å²) < 4.78 is 9.92. The van der Waals surface area contributed by atoms with Crippen LogP contribution in [0.25, 0.3) is 0 Å². The number of hydrogen-bond acceptors (Lipinski definition) is 5. The van der Waals surface area contributed by atoms with Crippen molar-refractivity contribution in [3.8, 4) is 0 Å². The molecule has 0 aliphatic heterocycles. The van der Waals surface area contributed by atoms with E-state index in [0.29, 0.717) is 5.75 Å². The van der Waals surface area contributed by atoms with Gasteiger partial charge in [0.2, 0.25) is 0 Å².